The molecule has 0 saturated carbocycles. The number of hydrogen-bond donors (Lipinski definition) is 0. The summed E-state index contributed by atoms with van der Waals surface area (Å²) in [7, 11) is -7.21. The van der Waals surface area contributed by atoms with Gasteiger partial charge in [0.15, 0.2) is 18.5 Å². The van der Waals surface area contributed by atoms with E-state index in [0.717, 1.165) is 0 Å². The van der Waals surface area contributed by atoms with Crippen LogP contribution >= 0.6 is 0 Å². The molecule has 0 fully saturated rings. The number of rotatable bonds is 10. The van der Waals surface area contributed by atoms with Crippen molar-refractivity contribution < 1.29 is 97.7 Å². The average Bonchev–Trinajstić information content (AvgIpc) is 2.56. The second-order valence-corrected chi connectivity index (χ2v) is 6.67. The maximum atomic E-state index is 13.3. The fourth-order valence-electron chi connectivity index (χ4n) is 1.59. The molecule has 20 heteroatoms. The molecule has 3 nitrogen and oxygen atoms in total. The first-order valence-corrected chi connectivity index (χ1v) is 7.91. The average molecular weight is 498 g/mol. The van der Waals surface area contributed by atoms with Gasteiger partial charge >= 0.3 is 42.6 Å². The predicted octanol–water partition coefficient (Wildman–Crippen LogP) is 0.990. The maximum Gasteiger partial charge on any atom is 1.00 e. The van der Waals surface area contributed by atoms with Gasteiger partial charge in [0.1, 0.15) is 10.1 Å². The van der Waals surface area contributed by atoms with Gasteiger partial charge in [-0.1, -0.05) is 0 Å². The monoisotopic (exact) mass is 498 g/mol. The minimum atomic E-state index is -7.96. The molecule has 0 N–H and O–H groups in total. The van der Waals surface area contributed by atoms with E-state index >= 15 is 0 Å². The van der Waals surface area contributed by atoms with E-state index in [-0.39, 0.29) is 18.9 Å². The van der Waals surface area contributed by atoms with Crippen molar-refractivity contribution in [1.82, 2.24) is 0 Å². The van der Waals surface area contributed by atoms with Gasteiger partial charge in [-0.25, -0.2) is 39.2 Å². The molecule has 0 aromatic rings. The summed E-state index contributed by atoms with van der Waals surface area (Å²) < 4.78 is 223. The van der Waals surface area contributed by atoms with Gasteiger partial charge in [0, 0.05) is 0 Å². The van der Waals surface area contributed by atoms with E-state index < -0.39 is 70.4 Å². The van der Waals surface area contributed by atoms with Crippen molar-refractivity contribution in [2.24, 2.45) is 0 Å². The number of alkyl halides is 15. The van der Waals surface area contributed by atoms with Crippen LogP contribution in [0.15, 0.2) is 0 Å². The van der Waals surface area contributed by atoms with Crippen molar-refractivity contribution in [3.05, 3.63) is 0 Å². The molecule has 176 valence electrons. The molecular formula is C10H6F15LiO3S. The zero-order chi connectivity index (χ0) is 24.0. The van der Waals surface area contributed by atoms with Crippen LogP contribution in [0.25, 0.3) is 0 Å². The molecule has 0 rings (SSSR count). The van der Waals surface area contributed by atoms with Crippen LogP contribution in [0.3, 0.4) is 0 Å². The van der Waals surface area contributed by atoms with E-state index in [0.29, 0.717) is 0 Å². The molecule has 0 bridgehead atoms. The second kappa shape index (κ2) is 9.53. The van der Waals surface area contributed by atoms with E-state index in [9.17, 15) is 78.8 Å². The Bertz CT molecular complexity index is 672. The molecule has 0 aromatic heterocycles. The first-order chi connectivity index (χ1) is 12.5. The first kappa shape index (κ1) is 31.6. The molecule has 30 heavy (non-hydrogen) atoms. The Morgan fingerprint density at radius 2 is 0.933 bits per heavy atom. The topological polar surface area (TPSA) is 57.2 Å². The normalized spacial score (nSPS) is 19.6. The SMILES string of the molecule is O=S(=O)([O-])C(F)C(F)(F)C(F)(F)C(F)(F)C(F)(F)C(F)C(F)C(F)C(F)C(F)F.[Li+]. The van der Waals surface area contributed by atoms with Crippen LogP contribution in [-0.4, -0.2) is 73.3 Å². The van der Waals surface area contributed by atoms with Crippen LogP contribution in [0, 0.1) is 0 Å². The number of halogens is 15. The van der Waals surface area contributed by atoms with Gasteiger partial charge in [-0.3, -0.25) is 0 Å². The Morgan fingerprint density at radius 1 is 0.600 bits per heavy atom. The zero-order valence-electron chi connectivity index (χ0n) is 13.8. The third kappa shape index (κ3) is 5.26. The summed E-state index contributed by atoms with van der Waals surface area (Å²) in [6, 6.07) is 0. The Kier molecular flexibility index (Phi) is 10.0. The maximum absolute atomic E-state index is 13.3. The van der Waals surface area contributed by atoms with Gasteiger partial charge in [-0.2, -0.15) is 35.1 Å². The first-order valence-electron chi connectivity index (χ1n) is 6.44. The molecule has 5 unspecified atom stereocenters. The molecule has 0 aliphatic rings. The third-order valence-electron chi connectivity index (χ3n) is 3.25. The van der Waals surface area contributed by atoms with Crippen LogP contribution in [0.5, 0.6) is 0 Å². The van der Waals surface area contributed by atoms with Gasteiger partial charge in [-0.05, 0) is 0 Å². The summed E-state index contributed by atoms with van der Waals surface area (Å²) in [5.74, 6) is -30.9. The molecule has 0 saturated heterocycles. The van der Waals surface area contributed by atoms with Crippen molar-refractivity contribution in [2.75, 3.05) is 0 Å². The van der Waals surface area contributed by atoms with Gasteiger partial charge in [0.2, 0.25) is 6.17 Å². The van der Waals surface area contributed by atoms with E-state index in [1.54, 1.807) is 0 Å². The van der Waals surface area contributed by atoms with Gasteiger partial charge in [0.25, 0.3) is 11.9 Å². The van der Waals surface area contributed by atoms with Crippen LogP contribution in [0.2, 0.25) is 0 Å². The summed E-state index contributed by atoms with van der Waals surface area (Å²) in [6.45, 7) is 0. The van der Waals surface area contributed by atoms with E-state index in [4.69, 9.17) is 0 Å². The van der Waals surface area contributed by atoms with Crippen molar-refractivity contribution in [1.29, 1.82) is 0 Å². The molecule has 0 amide bonds. The Balaban J connectivity index is 0. The molecule has 0 heterocycles. The quantitative estimate of drug-likeness (QED) is 0.257. The summed E-state index contributed by atoms with van der Waals surface area (Å²) in [5.41, 5.74) is -5.80. The Hall–Kier alpha value is -0.543. The summed E-state index contributed by atoms with van der Waals surface area (Å²) in [5, 5.41) is 0. The van der Waals surface area contributed by atoms with Crippen molar-refractivity contribution in [2.45, 2.75) is 60.3 Å². The molecule has 0 spiro atoms. The van der Waals surface area contributed by atoms with Gasteiger partial charge in [-0.15, -0.1) is 0 Å². The summed E-state index contributed by atoms with van der Waals surface area (Å²) in [6.07, 6.45) is -24.4. The fraction of sp³-hybridized carbons (Fsp3) is 1.00. The largest absolute Gasteiger partial charge is 1.00 e. The molecule has 0 radical (unpaired) electrons. The van der Waals surface area contributed by atoms with Gasteiger partial charge < -0.3 is 4.55 Å². The van der Waals surface area contributed by atoms with Crippen molar-refractivity contribution in [3.8, 4) is 0 Å². The predicted molar refractivity (Wildman–Crippen MR) is 60.0 cm³/mol. The number of hydrogen-bond acceptors (Lipinski definition) is 3. The van der Waals surface area contributed by atoms with Crippen molar-refractivity contribution in [3.63, 3.8) is 0 Å². The summed E-state index contributed by atoms with van der Waals surface area (Å²) in [4.78, 5) is 0. The second-order valence-electron chi connectivity index (χ2n) is 5.27. The van der Waals surface area contributed by atoms with E-state index in [1.165, 1.54) is 0 Å². The van der Waals surface area contributed by atoms with Crippen LogP contribution in [0.1, 0.15) is 0 Å². The smallest absolute Gasteiger partial charge is 0.746 e. The van der Waals surface area contributed by atoms with E-state index in [1.807, 2.05) is 0 Å². The molecular weight excluding hydrogens is 492 g/mol. The standard InChI is InChI=1S/C10H7F15O3S.Li/c11-1(3(13)5(15)16)2(12)4(14)7(18,19)9(22,23)10(24,25)8(20,21)6(17)29(26,27)28;/h1-6H,(H,26,27,28);/q;+1/p-1. The zero-order valence-corrected chi connectivity index (χ0v) is 14.6. The third-order valence-corrected chi connectivity index (χ3v) is 4.05. The molecule has 0 aliphatic carbocycles. The minimum Gasteiger partial charge on any atom is -0.746 e. The van der Waals surface area contributed by atoms with Crippen LogP contribution in [0.4, 0.5) is 65.9 Å². The molecule has 0 aliphatic heterocycles. The summed E-state index contributed by atoms with van der Waals surface area (Å²) >= 11 is 0. The fourth-order valence-corrected chi connectivity index (χ4v) is 2.10. The van der Waals surface area contributed by atoms with Gasteiger partial charge in [0.05, 0.1) is 0 Å². The Labute approximate surface area is 168 Å². The molecule has 5 atom stereocenters. The van der Waals surface area contributed by atoms with E-state index in [2.05, 4.69) is 0 Å². The molecule has 0 aromatic carbocycles. The minimum absolute atomic E-state index is 0. The van der Waals surface area contributed by atoms with Crippen LogP contribution < -0.4 is 18.9 Å². The van der Waals surface area contributed by atoms with Crippen LogP contribution in [-0.2, 0) is 10.1 Å². The Morgan fingerprint density at radius 3 is 1.23 bits per heavy atom. The van der Waals surface area contributed by atoms with Crippen molar-refractivity contribution >= 4 is 10.1 Å².